The molecule has 0 atom stereocenters. The van der Waals surface area contributed by atoms with Crippen LogP contribution in [0.3, 0.4) is 0 Å². The first-order chi connectivity index (χ1) is 9.04. The van der Waals surface area contributed by atoms with Crippen molar-refractivity contribution < 1.29 is 0 Å². The van der Waals surface area contributed by atoms with E-state index in [2.05, 4.69) is 53.0 Å². The highest BCUT2D eigenvalue weighted by Crippen LogP contribution is 2.24. The van der Waals surface area contributed by atoms with Gasteiger partial charge in [-0.25, -0.2) is 9.50 Å². The van der Waals surface area contributed by atoms with Gasteiger partial charge in [-0.1, -0.05) is 0 Å². The van der Waals surface area contributed by atoms with Crippen molar-refractivity contribution in [2.45, 2.75) is 32.9 Å². The number of aryl methyl sites for hydroxylation is 1. The lowest BCUT2D eigenvalue weighted by atomic mass is 10.1. The summed E-state index contributed by atoms with van der Waals surface area (Å²) in [6.07, 6.45) is 2.07. The molecule has 19 heavy (non-hydrogen) atoms. The average molecular weight is 259 g/mol. The number of hydrogen-bond donors (Lipinski definition) is 0. The zero-order valence-electron chi connectivity index (χ0n) is 12.0. The largest absolute Gasteiger partial charge is 0.367 e. The minimum absolute atomic E-state index is 0.604. The summed E-state index contributed by atoms with van der Waals surface area (Å²) < 4.78 is 1.87. The van der Waals surface area contributed by atoms with Crippen LogP contribution in [0.15, 0.2) is 18.3 Å². The van der Waals surface area contributed by atoms with Crippen LogP contribution in [0, 0.1) is 6.92 Å². The topological polar surface area (TPSA) is 36.7 Å². The predicted molar refractivity (Wildman–Crippen MR) is 76.6 cm³/mol. The summed E-state index contributed by atoms with van der Waals surface area (Å²) in [6, 6.07) is 5.44. The van der Waals surface area contributed by atoms with Crippen LogP contribution in [0.4, 0.5) is 5.69 Å². The first kappa shape index (κ1) is 12.4. The molecule has 0 unspecified atom stereocenters. The highest BCUT2D eigenvalue weighted by Gasteiger charge is 2.31. The Kier molecular flexibility index (Phi) is 2.93. The van der Waals surface area contributed by atoms with Crippen LogP contribution in [-0.4, -0.2) is 51.7 Å². The molecular weight excluding hydrogens is 238 g/mol. The van der Waals surface area contributed by atoms with E-state index in [4.69, 9.17) is 0 Å². The molecule has 3 rings (SSSR count). The Balaban J connectivity index is 1.73. The molecule has 0 amide bonds. The lowest BCUT2D eigenvalue weighted by molar-refractivity contribution is 0.165. The molecule has 5 heteroatoms. The monoisotopic (exact) mass is 259 g/mol. The van der Waals surface area contributed by atoms with Crippen LogP contribution in [0.25, 0.3) is 5.65 Å². The maximum atomic E-state index is 4.37. The van der Waals surface area contributed by atoms with Crippen LogP contribution < -0.4 is 4.90 Å². The van der Waals surface area contributed by atoms with Gasteiger partial charge >= 0.3 is 0 Å². The summed E-state index contributed by atoms with van der Waals surface area (Å²) in [5.74, 6) is 0.818. The summed E-state index contributed by atoms with van der Waals surface area (Å²) in [5.41, 5.74) is 2.14. The molecule has 0 spiro atoms. The first-order valence-corrected chi connectivity index (χ1v) is 6.84. The van der Waals surface area contributed by atoms with Crippen LogP contribution in [-0.2, 0) is 0 Å². The third kappa shape index (κ3) is 2.18. The van der Waals surface area contributed by atoms with Gasteiger partial charge in [0.25, 0.3) is 0 Å². The molecule has 0 saturated carbocycles. The predicted octanol–water partition coefficient (Wildman–Crippen LogP) is 1.57. The third-order valence-corrected chi connectivity index (χ3v) is 4.04. The number of nitrogens with zero attached hydrogens (tertiary/aromatic N) is 5. The lowest BCUT2D eigenvalue weighted by Gasteiger charge is -2.46. The standard InChI is InChI=1S/C14H21N5/c1-10(2)17(4)13-7-18(8-13)12-5-6-14-15-11(3)16-19(14)9-12/h5-6,9-10,13H,7-8H2,1-4H3. The summed E-state index contributed by atoms with van der Waals surface area (Å²) in [6.45, 7) is 8.59. The number of pyridine rings is 1. The zero-order valence-corrected chi connectivity index (χ0v) is 12.0. The van der Waals surface area contributed by atoms with Gasteiger partial charge in [-0.2, -0.15) is 5.10 Å². The molecular formula is C14H21N5. The van der Waals surface area contributed by atoms with Crippen molar-refractivity contribution in [1.82, 2.24) is 19.5 Å². The van der Waals surface area contributed by atoms with E-state index in [9.17, 15) is 0 Å². The van der Waals surface area contributed by atoms with E-state index in [0.29, 0.717) is 12.1 Å². The third-order valence-electron chi connectivity index (χ3n) is 4.04. The minimum atomic E-state index is 0.604. The SMILES string of the molecule is Cc1nc2ccc(N3CC(N(C)C(C)C)C3)cn2n1. The van der Waals surface area contributed by atoms with Gasteiger partial charge in [0.05, 0.1) is 11.9 Å². The maximum Gasteiger partial charge on any atom is 0.155 e. The molecule has 0 aliphatic carbocycles. The second kappa shape index (κ2) is 4.49. The van der Waals surface area contributed by atoms with E-state index in [1.807, 2.05) is 17.5 Å². The second-order valence-electron chi connectivity index (χ2n) is 5.67. The Morgan fingerprint density at radius 2 is 2.05 bits per heavy atom. The summed E-state index contributed by atoms with van der Waals surface area (Å²) >= 11 is 0. The Labute approximate surface area is 113 Å². The van der Waals surface area contributed by atoms with Crippen molar-refractivity contribution in [2.75, 3.05) is 25.0 Å². The van der Waals surface area contributed by atoms with Crippen LogP contribution in [0.2, 0.25) is 0 Å². The van der Waals surface area contributed by atoms with Gasteiger partial charge in [-0.3, -0.25) is 4.90 Å². The van der Waals surface area contributed by atoms with Crippen molar-refractivity contribution in [3.8, 4) is 0 Å². The van der Waals surface area contributed by atoms with Gasteiger partial charge in [0.2, 0.25) is 0 Å². The number of rotatable bonds is 3. The molecule has 0 N–H and O–H groups in total. The minimum Gasteiger partial charge on any atom is -0.367 e. The normalized spacial score (nSPS) is 16.6. The molecule has 0 bridgehead atoms. The molecule has 5 nitrogen and oxygen atoms in total. The van der Waals surface area contributed by atoms with Gasteiger partial charge < -0.3 is 4.90 Å². The van der Waals surface area contributed by atoms with Crippen molar-refractivity contribution in [3.63, 3.8) is 0 Å². The molecule has 0 radical (unpaired) electrons. The molecule has 2 aromatic heterocycles. The van der Waals surface area contributed by atoms with E-state index in [1.165, 1.54) is 5.69 Å². The summed E-state index contributed by atoms with van der Waals surface area (Å²) in [5, 5.41) is 4.37. The van der Waals surface area contributed by atoms with Crippen molar-refractivity contribution in [3.05, 3.63) is 24.2 Å². The first-order valence-electron chi connectivity index (χ1n) is 6.84. The number of anilines is 1. The molecule has 1 aliphatic heterocycles. The summed E-state index contributed by atoms with van der Waals surface area (Å²) in [4.78, 5) is 9.18. The molecule has 1 fully saturated rings. The van der Waals surface area contributed by atoms with E-state index in [0.717, 1.165) is 24.6 Å². The van der Waals surface area contributed by atoms with Gasteiger partial charge in [-0.05, 0) is 40.0 Å². The highest BCUT2D eigenvalue weighted by atomic mass is 15.3. The van der Waals surface area contributed by atoms with Gasteiger partial charge in [0, 0.05) is 25.2 Å². The van der Waals surface area contributed by atoms with Crippen LogP contribution in [0.1, 0.15) is 19.7 Å². The van der Waals surface area contributed by atoms with Crippen molar-refractivity contribution in [2.24, 2.45) is 0 Å². The summed E-state index contributed by atoms with van der Waals surface area (Å²) in [7, 11) is 2.21. The number of fused-ring (bicyclic) bond motifs is 1. The Morgan fingerprint density at radius 3 is 2.74 bits per heavy atom. The van der Waals surface area contributed by atoms with Crippen molar-refractivity contribution >= 4 is 11.3 Å². The Hall–Kier alpha value is -1.62. The fourth-order valence-corrected chi connectivity index (χ4v) is 2.52. The highest BCUT2D eigenvalue weighted by molar-refractivity contribution is 5.53. The molecule has 1 saturated heterocycles. The number of aromatic nitrogens is 3. The maximum absolute atomic E-state index is 4.37. The molecule has 102 valence electrons. The van der Waals surface area contributed by atoms with Gasteiger partial charge in [0.15, 0.2) is 5.65 Å². The zero-order chi connectivity index (χ0) is 13.6. The average Bonchev–Trinajstić information content (AvgIpc) is 2.66. The van der Waals surface area contributed by atoms with E-state index < -0.39 is 0 Å². The van der Waals surface area contributed by atoms with Gasteiger partial charge in [0.1, 0.15) is 5.82 Å². The van der Waals surface area contributed by atoms with E-state index in [1.54, 1.807) is 0 Å². The van der Waals surface area contributed by atoms with Gasteiger partial charge in [-0.15, -0.1) is 0 Å². The number of likely N-dealkylation sites (N-methyl/N-ethyl adjacent to an activating group) is 1. The second-order valence-corrected chi connectivity index (χ2v) is 5.67. The molecule has 3 heterocycles. The quantitative estimate of drug-likeness (QED) is 0.838. The smallest absolute Gasteiger partial charge is 0.155 e. The van der Waals surface area contributed by atoms with Crippen molar-refractivity contribution in [1.29, 1.82) is 0 Å². The molecule has 2 aromatic rings. The van der Waals surface area contributed by atoms with Crippen LogP contribution >= 0.6 is 0 Å². The molecule has 1 aliphatic rings. The van der Waals surface area contributed by atoms with E-state index in [-0.39, 0.29) is 0 Å². The number of hydrogen-bond acceptors (Lipinski definition) is 4. The fourth-order valence-electron chi connectivity index (χ4n) is 2.52. The molecule has 0 aromatic carbocycles. The Bertz CT molecular complexity index is 583. The lowest BCUT2D eigenvalue weighted by Crippen LogP contribution is -2.60. The van der Waals surface area contributed by atoms with Crippen LogP contribution in [0.5, 0.6) is 0 Å². The van der Waals surface area contributed by atoms with E-state index >= 15 is 0 Å². The Morgan fingerprint density at radius 1 is 1.32 bits per heavy atom. The fraction of sp³-hybridized carbons (Fsp3) is 0.571.